The number of aliphatic hydroxyl groups is 3. The van der Waals surface area contributed by atoms with Crippen LogP contribution < -0.4 is 0 Å². The fraction of sp³-hybridized carbons (Fsp3) is 0.200. The molecule has 0 heterocycles. The van der Waals surface area contributed by atoms with Crippen LogP contribution in [0.2, 0.25) is 0 Å². The van der Waals surface area contributed by atoms with Crippen molar-refractivity contribution < 1.29 is 15.3 Å². The molecule has 0 amide bonds. The van der Waals surface area contributed by atoms with Gasteiger partial charge in [-0.1, -0.05) is 30.3 Å². The molecule has 0 bridgehead atoms. The zero-order valence-electron chi connectivity index (χ0n) is 10.0. The minimum atomic E-state index is -0.0461. The maximum Gasteiger partial charge on any atom is 0.0682 e. The molecule has 0 aromatic heterocycles. The predicted molar refractivity (Wildman–Crippen MR) is 69.6 cm³/mol. The second kappa shape index (κ2) is 5.78. The first kappa shape index (κ1) is 12.8. The van der Waals surface area contributed by atoms with Crippen molar-refractivity contribution in [2.75, 3.05) is 0 Å². The first-order chi connectivity index (χ1) is 8.76. The molecule has 3 N–H and O–H groups in total. The Labute approximate surface area is 106 Å². The van der Waals surface area contributed by atoms with Gasteiger partial charge in [0.2, 0.25) is 0 Å². The number of rotatable bonds is 4. The molecule has 0 spiro atoms. The van der Waals surface area contributed by atoms with Crippen LogP contribution in [0.4, 0.5) is 0 Å². The van der Waals surface area contributed by atoms with Crippen LogP contribution in [0.25, 0.3) is 11.1 Å². The topological polar surface area (TPSA) is 60.7 Å². The second-order valence-electron chi connectivity index (χ2n) is 4.21. The Hall–Kier alpha value is -1.68. The molecule has 2 aromatic carbocycles. The molecule has 18 heavy (non-hydrogen) atoms. The van der Waals surface area contributed by atoms with Gasteiger partial charge in [-0.3, -0.25) is 0 Å². The predicted octanol–water partition coefficient (Wildman–Crippen LogP) is 1.83. The van der Waals surface area contributed by atoms with Gasteiger partial charge in [-0.25, -0.2) is 0 Å². The van der Waals surface area contributed by atoms with Crippen LogP contribution in [-0.4, -0.2) is 15.3 Å². The number of benzene rings is 2. The van der Waals surface area contributed by atoms with Gasteiger partial charge in [-0.15, -0.1) is 0 Å². The number of hydrogen-bond donors (Lipinski definition) is 3. The third-order valence-corrected chi connectivity index (χ3v) is 2.89. The molecule has 0 aliphatic rings. The largest absolute Gasteiger partial charge is 0.392 e. The van der Waals surface area contributed by atoms with E-state index in [0.29, 0.717) is 0 Å². The minimum absolute atomic E-state index is 0.0266. The fourth-order valence-corrected chi connectivity index (χ4v) is 1.91. The zero-order valence-corrected chi connectivity index (χ0v) is 10.0. The average Bonchev–Trinajstić information content (AvgIpc) is 2.46. The van der Waals surface area contributed by atoms with E-state index in [0.717, 1.165) is 27.8 Å². The highest BCUT2D eigenvalue weighted by atomic mass is 16.3. The van der Waals surface area contributed by atoms with Gasteiger partial charge in [0.05, 0.1) is 19.8 Å². The maximum absolute atomic E-state index is 9.20. The van der Waals surface area contributed by atoms with Crippen LogP contribution in [-0.2, 0) is 19.8 Å². The summed E-state index contributed by atoms with van der Waals surface area (Å²) in [5, 5.41) is 27.4. The summed E-state index contributed by atoms with van der Waals surface area (Å²) >= 11 is 0. The SMILES string of the molecule is OCc1ccc(-c2cc(CO)cc(CO)c2)cc1. The lowest BCUT2D eigenvalue weighted by atomic mass is 9.99. The minimum Gasteiger partial charge on any atom is -0.392 e. The smallest absolute Gasteiger partial charge is 0.0682 e. The van der Waals surface area contributed by atoms with Crippen molar-refractivity contribution in [2.24, 2.45) is 0 Å². The Kier molecular flexibility index (Phi) is 4.10. The van der Waals surface area contributed by atoms with Crippen LogP contribution in [0.3, 0.4) is 0 Å². The van der Waals surface area contributed by atoms with Crippen molar-refractivity contribution >= 4 is 0 Å². The normalized spacial score (nSPS) is 10.6. The van der Waals surface area contributed by atoms with Crippen LogP contribution in [0.15, 0.2) is 42.5 Å². The van der Waals surface area contributed by atoms with Gasteiger partial charge in [0.15, 0.2) is 0 Å². The Balaban J connectivity index is 2.41. The number of aliphatic hydroxyl groups excluding tert-OH is 3. The summed E-state index contributed by atoms with van der Waals surface area (Å²) in [4.78, 5) is 0. The molecule has 2 aromatic rings. The summed E-state index contributed by atoms with van der Waals surface area (Å²) in [6, 6.07) is 13.1. The van der Waals surface area contributed by atoms with E-state index in [1.807, 2.05) is 36.4 Å². The van der Waals surface area contributed by atoms with Crippen molar-refractivity contribution in [2.45, 2.75) is 19.8 Å². The van der Waals surface area contributed by atoms with Crippen molar-refractivity contribution in [3.63, 3.8) is 0 Å². The van der Waals surface area contributed by atoms with E-state index in [-0.39, 0.29) is 19.8 Å². The van der Waals surface area contributed by atoms with Gasteiger partial charge >= 0.3 is 0 Å². The van der Waals surface area contributed by atoms with Crippen molar-refractivity contribution in [3.8, 4) is 11.1 Å². The quantitative estimate of drug-likeness (QED) is 0.769. The van der Waals surface area contributed by atoms with E-state index in [9.17, 15) is 10.2 Å². The van der Waals surface area contributed by atoms with E-state index >= 15 is 0 Å². The van der Waals surface area contributed by atoms with E-state index in [1.54, 1.807) is 6.07 Å². The molecular weight excluding hydrogens is 228 g/mol. The van der Waals surface area contributed by atoms with Crippen LogP contribution >= 0.6 is 0 Å². The zero-order chi connectivity index (χ0) is 13.0. The molecule has 0 unspecified atom stereocenters. The van der Waals surface area contributed by atoms with Gasteiger partial charge in [-0.05, 0) is 39.9 Å². The van der Waals surface area contributed by atoms with E-state index in [2.05, 4.69) is 0 Å². The van der Waals surface area contributed by atoms with Crippen molar-refractivity contribution in [3.05, 3.63) is 59.2 Å². The Bertz CT molecular complexity index is 496. The highest BCUT2D eigenvalue weighted by molar-refractivity contribution is 5.65. The molecule has 3 nitrogen and oxygen atoms in total. The van der Waals surface area contributed by atoms with Crippen LogP contribution in [0.1, 0.15) is 16.7 Å². The summed E-state index contributed by atoms with van der Waals surface area (Å²) in [5.74, 6) is 0. The molecule has 0 atom stereocenters. The molecule has 0 aliphatic heterocycles. The van der Waals surface area contributed by atoms with Crippen molar-refractivity contribution in [1.82, 2.24) is 0 Å². The van der Waals surface area contributed by atoms with Gasteiger partial charge in [0.25, 0.3) is 0 Å². The fourth-order valence-electron chi connectivity index (χ4n) is 1.91. The van der Waals surface area contributed by atoms with Crippen LogP contribution in [0.5, 0.6) is 0 Å². The molecule has 2 rings (SSSR count). The van der Waals surface area contributed by atoms with Gasteiger partial charge < -0.3 is 15.3 Å². The highest BCUT2D eigenvalue weighted by Crippen LogP contribution is 2.23. The third-order valence-electron chi connectivity index (χ3n) is 2.89. The van der Waals surface area contributed by atoms with E-state index in [1.165, 1.54) is 0 Å². The Morgan fingerprint density at radius 2 is 1.06 bits per heavy atom. The molecular formula is C15H16O3. The monoisotopic (exact) mass is 244 g/mol. The standard InChI is InChI=1S/C15H16O3/c16-8-11-1-3-14(4-2-11)15-6-12(9-17)5-13(7-15)10-18/h1-7,16-18H,8-10H2. The first-order valence-corrected chi connectivity index (χ1v) is 5.81. The summed E-state index contributed by atoms with van der Waals surface area (Å²) in [7, 11) is 0. The molecule has 0 aliphatic carbocycles. The lowest BCUT2D eigenvalue weighted by Gasteiger charge is -2.08. The summed E-state index contributed by atoms with van der Waals surface area (Å²) in [6.45, 7) is -0.0655. The Morgan fingerprint density at radius 1 is 0.556 bits per heavy atom. The molecule has 0 radical (unpaired) electrons. The summed E-state index contributed by atoms with van der Waals surface area (Å²) < 4.78 is 0. The number of hydrogen-bond acceptors (Lipinski definition) is 3. The maximum atomic E-state index is 9.20. The lowest BCUT2D eigenvalue weighted by molar-refractivity contribution is 0.275. The van der Waals surface area contributed by atoms with Gasteiger partial charge in [0.1, 0.15) is 0 Å². The van der Waals surface area contributed by atoms with Crippen molar-refractivity contribution in [1.29, 1.82) is 0 Å². The lowest BCUT2D eigenvalue weighted by Crippen LogP contribution is -1.91. The molecule has 0 saturated heterocycles. The highest BCUT2D eigenvalue weighted by Gasteiger charge is 2.03. The van der Waals surface area contributed by atoms with E-state index in [4.69, 9.17) is 5.11 Å². The second-order valence-corrected chi connectivity index (χ2v) is 4.21. The Morgan fingerprint density at radius 3 is 1.50 bits per heavy atom. The molecule has 0 saturated carbocycles. The first-order valence-electron chi connectivity index (χ1n) is 5.81. The van der Waals surface area contributed by atoms with Gasteiger partial charge in [-0.2, -0.15) is 0 Å². The summed E-state index contributed by atoms with van der Waals surface area (Å²) in [6.07, 6.45) is 0. The molecule has 3 heteroatoms. The van der Waals surface area contributed by atoms with Gasteiger partial charge in [0, 0.05) is 0 Å². The van der Waals surface area contributed by atoms with Crippen LogP contribution in [0, 0.1) is 0 Å². The van der Waals surface area contributed by atoms with E-state index < -0.39 is 0 Å². The third kappa shape index (κ3) is 2.76. The summed E-state index contributed by atoms with van der Waals surface area (Å²) in [5.41, 5.74) is 4.37. The molecule has 0 fully saturated rings. The average molecular weight is 244 g/mol. The molecule has 94 valence electrons.